The average molecular weight is 284 g/mol. The van der Waals surface area contributed by atoms with Crippen molar-refractivity contribution >= 4 is 11.5 Å². The molecule has 0 saturated heterocycles. The van der Waals surface area contributed by atoms with E-state index in [1.807, 2.05) is 31.2 Å². The third kappa shape index (κ3) is 3.02. The van der Waals surface area contributed by atoms with Gasteiger partial charge in [0.25, 0.3) is 0 Å². The van der Waals surface area contributed by atoms with Crippen LogP contribution in [0.5, 0.6) is 0 Å². The summed E-state index contributed by atoms with van der Waals surface area (Å²) in [5.74, 6) is 0.708. The van der Waals surface area contributed by atoms with Gasteiger partial charge in [0.05, 0.1) is 0 Å². The molecule has 5 heteroatoms. The molecule has 108 valence electrons. The van der Waals surface area contributed by atoms with Crippen molar-refractivity contribution in [3.63, 3.8) is 0 Å². The third-order valence-electron chi connectivity index (χ3n) is 3.37. The molecule has 0 spiro atoms. The highest BCUT2D eigenvalue weighted by molar-refractivity contribution is 5.51. The molecule has 0 aliphatic carbocycles. The summed E-state index contributed by atoms with van der Waals surface area (Å²) in [6.07, 6.45) is 2.36. The number of halogens is 1. The minimum absolute atomic E-state index is 0.199. The predicted octanol–water partition coefficient (Wildman–Crippen LogP) is 3.22. The van der Waals surface area contributed by atoms with Crippen LogP contribution in [0.3, 0.4) is 0 Å². The Morgan fingerprint density at radius 1 is 1.24 bits per heavy atom. The molecule has 0 saturated carbocycles. The molecule has 0 amide bonds. The summed E-state index contributed by atoms with van der Waals surface area (Å²) in [6.45, 7) is 4.12. The lowest BCUT2D eigenvalue weighted by Gasteiger charge is -2.16. The molecule has 0 radical (unpaired) electrons. The number of anilines is 1. The van der Waals surface area contributed by atoms with Crippen LogP contribution in [0.1, 0.15) is 18.1 Å². The Bertz CT molecular complexity index is 749. The Labute approximate surface area is 122 Å². The largest absolute Gasteiger partial charge is 0.367 e. The van der Waals surface area contributed by atoms with Crippen LogP contribution < -0.4 is 5.32 Å². The molecule has 21 heavy (non-hydrogen) atoms. The first-order chi connectivity index (χ1) is 10.1. The molecule has 1 unspecified atom stereocenters. The quantitative estimate of drug-likeness (QED) is 0.800. The molecular weight excluding hydrogens is 267 g/mol. The van der Waals surface area contributed by atoms with Crippen LogP contribution in [0.4, 0.5) is 10.2 Å². The van der Waals surface area contributed by atoms with Gasteiger partial charge in [-0.15, -0.1) is 0 Å². The zero-order valence-electron chi connectivity index (χ0n) is 12.0. The van der Waals surface area contributed by atoms with Crippen molar-refractivity contribution in [3.8, 4) is 0 Å². The number of aromatic nitrogens is 3. The molecular formula is C16H17FN4. The molecule has 1 N–H and O–H groups in total. The summed E-state index contributed by atoms with van der Waals surface area (Å²) < 4.78 is 14.7. The van der Waals surface area contributed by atoms with E-state index in [1.165, 1.54) is 12.1 Å². The normalized spacial score (nSPS) is 12.5. The Morgan fingerprint density at radius 3 is 2.76 bits per heavy atom. The second-order valence-corrected chi connectivity index (χ2v) is 5.32. The van der Waals surface area contributed by atoms with E-state index in [9.17, 15) is 4.39 Å². The van der Waals surface area contributed by atoms with Crippen molar-refractivity contribution in [2.45, 2.75) is 26.3 Å². The van der Waals surface area contributed by atoms with Crippen molar-refractivity contribution in [1.29, 1.82) is 0 Å². The first kappa shape index (κ1) is 13.5. The molecule has 1 aromatic carbocycles. The molecule has 0 bridgehead atoms. The second-order valence-electron chi connectivity index (χ2n) is 5.32. The molecule has 3 aromatic rings. The van der Waals surface area contributed by atoms with Crippen molar-refractivity contribution in [2.75, 3.05) is 5.32 Å². The Balaban J connectivity index is 1.78. The summed E-state index contributed by atoms with van der Waals surface area (Å²) in [5.41, 5.74) is 3.05. The molecule has 0 aliphatic heterocycles. The maximum Gasteiger partial charge on any atom is 0.157 e. The van der Waals surface area contributed by atoms with Crippen LogP contribution in [0, 0.1) is 12.7 Å². The Morgan fingerprint density at radius 2 is 2.00 bits per heavy atom. The number of rotatable bonds is 4. The van der Waals surface area contributed by atoms with E-state index in [-0.39, 0.29) is 11.9 Å². The third-order valence-corrected chi connectivity index (χ3v) is 3.37. The Kier molecular flexibility index (Phi) is 3.56. The molecule has 4 nitrogen and oxygen atoms in total. The van der Waals surface area contributed by atoms with Crippen LogP contribution >= 0.6 is 0 Å². The van der Waals surface area contributed by atoms with Gasteiger partial charge in [-0.3, -0.25) is 0 Å². The summed E-state index contributed by atoms with van der Waals surface area (Å²) in [5, 5.41) is 7.67. The lowest BCUT2D eigenvalue weighted by Crippen LogP contribution is -2.20. The topological polar surface area (TPSA) is 42.2 Å². The van der Waals surface area contributed by atoms with Gasteiger partial charge in [-0.05, 0) is 55.7 Å². The Hall–Kier alpha value is -2.43. The average Bonchev–Trinajstić information content (AvgIpc) is 2.89. The number of nitrogens with zero attached hydrogens (tertiary/aromatic N) is 3. The van der Waals surface area contributed by atoms with E-state index in [2.05, 4.69) is 22.3 Å². The van der Waals surface area contributed by atoms with E-state index >= 15 is 0 Å². The highest BCUT2D eigenvalue weighted by Crippen LogP contribution is 2.15. The summed E-state index contributed by atoms with van der Waals surface area (Å²) in [7, 11) is 0. The fourth-order valence-electron chi connectivity index (χ4n) is 2.44. The standard InChI is InChI=1S/C16H17FN4/c1-11-7-15-18-10-19-21(15)16(8-11)20-12(2)9-13-3-5-14(17)6-4-13/h3-8,10,12,20H,9H2,1-2H3. The van der Waals surface area contributed by atoms with E-state index in [1.54, 1.807) is 10.8 Å². The van der Waals surface area contributed by atoms with Crippen LogP contribution in [-0.2, 0) is 6.42 Å². The van der Waals surface area contributed by atoms with E-state index in [0.29, 0.717) is 0 Å². The zero-order chi connectivity index (χ0) is 14.8. The van der Waals surface area contributed by atoms with Crippen molar-refractivity contribution in [2.24, 2.45) is 0 Å². The van der Waals surface area contributed by atoms with Gasteiger partial charge in [-0.25, -0.2) is 9.37 Å². The number of nitrogens with one attached hydrogen (secondary N) is 1. The van der Waals surface area contributed by atoms with Crippen LogP contribution in [0.2, 0.25) is 0 Å². The number of fused-ring (bicyclic) bond motifs is 1. The van der Waals surface area contributed by atoms with Crippen LogP contribution in [0.15, 0.2) is 42.7 Å². The summed E-state index contributed by atoms with van der Waals surface area (Å²) >= 11 is 0. The molecule has 3 rings (SSSR count). The number of hydrogen-bond acceptors (Lipinski definition) is 3. The van der Waals surface area contributed by atoms with Gasteiger partial charge in [0.2, 0.25) is 0 Å². The number of hydrogen-bond donors (Lipinski definition) is 1. The van der Waals surface area contributed by atoms with Gasteiger partial charge < -0.3 is 5.32 Å². The zero-order valence-corrected chi connectivity index (χ0v) is 12.0. The summed E-state index contributed by atoms with van der Waals surface area (Å²) in [4.78, 5) is 4.21. The fraction of sp³-hybridized carbons (Fsp3) is 0.250. The van der Waals surface area contributed by atoms with E-state index in [4.69, 9.17) is 0 Å². The molecule has 2 heterocycles. The maximum absolute atomic E-state index is 12.9. The first-order valence-corrected chi connectivity index (χ1v) is 6.93. The van der Waals surface area contributed by atoms with Gasteiger partial charge in [-0.2, -0.15) is 9.61 Å². The monoisotopic (exact) mass is 284 g/mol. The maximum atomic E-state index is 12.9. The number of benzene rings is 1. The molecule has 2 aromatic heterocycles. The minimum atomic E-state index is -0.206. The number of pyridine rings is 1. The smallest absolute Gasteiger partial charge is 0.157 e. The summed E-state index contributed by atoms with van der Waals surface area (Å²) in [6, 6.07) is 10.8. The van der Waals surface area contributed by atoms with Crippen LogP contribution in [0.25, 0.3) is 5.65 Å². The lowest BCUT2D eigenvalue weighted by atomic mass is 10.1. The molecule has 0 aliphatic rings. The lowest BCUT2D eigenvalue weighted by molar-refractivity contribution is 0.626. The van der Waals surface area contributed by atoms with Gasteiger partial charge in [0.1, 0.15) is 18.0 Å². The second kappa shape index (κ2) is 5.52. The van der Waals surface area contributed by atoms with Crippen molar-refractivity contribution in [1.82, 2.24) is 14.6 Å². The fourth-order valence-corrected chi connectivity index (χ4v) is 2.44. The number of aryl methyl sites for hydroxylation is 1. The van der Waals surface area contributed by atoms with Crippen LogP contribution in [-0.4, -0.2) is 20.6 Å². The first-order valence-electron chi connectivity index (χ1n) is 6.93. The van der Waals surface area contributed by atoms with Gasteiger partial charge in [0, 0.05) is 6.04 Å². The van der Waals surface area contributed by atoms with Crippen molar-refractivity contribution in [3.05, 3.63) is 59.7 Å². The highest BCUT2D eigenvalue weighted by atomic mass is 19.1. The van der Waals surface area contributed by atoms with Gasteiger partial charge >= 0.3 is 0 Å². The minimum Gasteiger partial charge on any atom is -0.367 e. The van der Waals surface area contributed by atoms with Gasteiger partial charge in [-0.1, -0.05) is 12.1 Å². The predicted molar refractivity (Wildman–Crippen MR) is 80.9 cm³/mol. The van der Waals surface area contributed by atoms with Gasteiger partial charge in [0.15, 0.2) is 5.65 Å². The van der Waals surface area contributed by atoms with E-state index < -0.39 is 0 Å². The molecule has 0 fully saturated rings. The SMILES string of the molecule is Cc1cc(NC(C)Cc2ccc(F)cc2)n2ncnc2c1. The van der Waals surface area contributed by atoms with E-state index in [0.717, 1.165) is 29.0 Å². The van der Waals surface area contributed by atoms with Crippen molar-refractivity contribution < 1.29 is 4.39 Å². The highest BCUT2D eigenvalue weighted by Gasteiger charge is 2.08. The molecule has 1 atom stereocenters.